The van der Waals surface area contributed by atoms with Crippen molar-refractivity contribution >= 4 is 18.0 Å². The number of likely N-dealkylation sites (tertiary alicyclic amines) is 1. The molecule has 2 amide bonds. The molecule has 8 nitrogen and oxygen atoms in total. The first-order chi connectivity index (χ1) is 12.7. The molecular formula is C19H37N5O3. The Bertz CT molecular complexity index is 508. The third-order valence-electron chi connectivity index (χ3n) is 4.40. The first kappa shape index (κ1) is 23.0. The lowest BCUT2D eigenvalue weighted by molar-refractivity contribution is -0.121. The van der Waals surface area contributed by atoms with Gasteiger partial charge in [-0.3, -0.25) is 9.79 Å². The Kier molecular flexibility index (Phi) is 9.38. The Hall–Kier alpha value is -1.99. The highest BCUT2D eigenvalue weighted by atomic mass is 16.6. The molecule has 1 rings (SSSR count). The van der Waals surface area contributed by atoms with Gasteiger partial charge in [-0.2, -0.15) is 0 Å². The van der Waals surface area contributed by atoms with Gasteiger partial charge in [0.25, 0.3) is 0 Å². The predicted molar refractivity (Wildman–Crippen MR) is 108 cm³/mol. The van der Waals surface area contributed by atoms with E-state index < -0.39 is 5.60 Å². The molecule has 0 unspecified atom stereocenters. The number of rotatable bonds is 6. The molecule has 27 heavy (non-hydrogen) atoms. The van der Waals surface area contributed by atoms with E-state index in [1.807, 2.05) is 27.7 Å². The van der Waals surface area contributed by atoms with Gasteiger partial charge in [0.1, 0.15) is 5.60 Å². The van der Waals surface area contributed by atoms with Gasteiger partial charge in [0, 0.05) is 46.7 Å². The molecule has 0 aromatic heterocycles. The van der Waals surface area contributed by atoms with Crippen molar-refractivity contribution in [2.75, 3.05) is 46.8 Å². The lowest BCUT2D eigenvalue weighted by atomic mass is 9.93. The second-order valence-electron chi connectivity index (χ2n) is 7.95. The van der Waals surface area contributed by atoms with Crippen molar-refractivity contribution in [2.24, 2.45) is 10.9 Å². The number of piperidine rings is 1. The van der Waals surface area contributed by atoms with Gasteiger partial charge in [-0.05, 0) is 46.5 Å². The molecule has 0 bridgehead atoms. The SMILES string of the molecule is CCNC(=NCCN(C)C(=O)OC(C)(C)C)N1CCC(CC(=O)NC)CC1. The summed E-state index contributed by atoms with van der Waals surface area (Å²) in [5.41, 5.74) is -0.497. The number of hydrogen-bond acceptors (Lipinski definition) is 4. The molecule has 156 valence electrons. The monoisotopic (exact) mass is 383 g/mol. The minimum absolute atomic E-state index is 0.110. The molecule has 0 aromatic rings. The number of aliphatic imine (C=N–C) groups is 1. The van der Waals surface area contributed by atoms with E-state index in [2.05, 4.69) is 20.5 Å². The molecule has 1 aliphatic rings. The third-order valence-corrected chi connectivity index (χ3v) is 4.40. The molecule has 8 heteroatoms. The molecule has 2 N–H and O–H groups in total. The van der Waals surface area contributed by atoms with Crippen LogP contribution in [-0.2, 0) is 9.53 Å². The molecule has 1 aliphatic heterocycles. The number of likely N-dealkylation sites (N-methyl/N-ethyl adjacent to an activating group) is 1. The van der Waals surface area contributed by atoms with Gasteiger partial charge in [-0.1, -0.05) is 0 Å². The van der Waals surface area contributed by atoms with Crippen LogP contribution in [0.3, 0.4) is 0 Å². The highest BCUT2D eigenvalue weighted by Crippen LogP contribution is 2.20. The second-order valence-corrected chi connectivity index (χ2v) is 7.95. The summed E-state index contributed by atoms with van der Waals surface area (Å²) in [4.78, 5) is 32.0. The van der Waals surface area contributed by atoms with Crippen molar-refractivity contribution < 1.29 is 14.3 Å². The van der Waals surface area contributed by atoms with Gasteiger partial charge in [-0.25, -0.2) is 4.79 Å². The van der Waals surface area contributed by atoms with Gasteiger partial charge in [0.05, 0.1) is 6.54 Å². The van der Waals surface area contributed by atoms with E-state index in [1.165, 1.54) is 0 Å². The minimum atomic E-state index is -0.497. The van der Waals surface area contributed by atoms with Crippen molar-refractivity contribution in [1.29, 1.82) is 0 Å². The maximum absolute atomic E-state index is 12.0. The average Bonchev–Trinajstić information content (AvgIpc) is 2.60. The van der Waals surface area contributed by atoms with Crippen LogP contribution < -0.4 is 10.6 Å². The Labute approximate surface area is 163 Å². The summed E-state index contributed by atoms with van der Waals surface area (Å²) in [6, 6.07) is 0. The van der Waals surface area contributed by atoms with Crippen LogP contribution in [-0.4, -0.2) is 80.2 Å². The first-order valence-corrected chi connectivity index (χ1v) is 9.84. The maximum Gasteiger partial charge on any atom is 0.410 e. The molecule has 0 aromatic carbocycles. The Morgan fingerprint density at radius 2 is 1.89 bits per heavy atom. The molecule has 0 radical (unpaired) electrons. The highest BCUT2D eigenvalue weighted by molar-refractivity contribution is 5.80. The summed E-state index contributed by atoms with van der Waals surface area (Å²) in [6.45, 7) is 11.2. The number of guanidine groups is 1. The molecule has 0 atom stereocenters. The van der Waals surface area contributed by atoms with Crippen LogP contribution in [0.25, 0.3) is 0 Å². The van der Waals surface area contributed by atoms with Crippen LogP contribution in [0.5, 0.6) is 0 Å². The predicted octanol–water partition coefficient (Wildman–Crippen LogP) is 1.67. The van der Waals surface area contributed by atoms with Crippen LogP contribution in [0.2, 0.25) is 0 Å². The molecular weight excluding hydrogens is 346 g/mol. The summed E-state index contributed by atoms with van der Waals surface area (Å²) < 4.78 is 5.35. The second kappa shape index (κ2) is 11.0. The normalized spacial score (nSPS) is 16.1. The zero-order valence-corrected chi connectivity index (χ0v) is 17.8. The quantitative estimate of drug-likeness (QED) is 0.538. The van der Waals surface area contributed by atoms with Crippen molar-refractivity contribution in [1.82, 2.24) is 20.4 Å². The number of hydrogen-bond donors (Lipinski definition) is 2. The lowest BCUT2D eigenvalue weighted by Gasteiger charge is -2.34. The van der Waals surface area contributed by atoms with Crippen LogP contribution in [0, 0.1) is 5.92 Å². The van der Waals surface area contributed by atoms with Crippen LogP contribution in [0.4, 0.5) is 4.79 Å². The highest BCUT2D eigenvalue weighted by Gasteiger charge is 2.23. The number of carbonyl (C=O) groups excluding carboxylic acids is 2. The topological polar surface area (TPSA) is 86.3 Å². The smallest absolute Gasteiger partial charge is 0.410 e. The molecule has 0 spiro atoms. The third kappa shape index (κ3) is 8.97. The Morgan fingerprint density at radius 3 is 2.41 bits per heavy atom. The van der Waals surface area contributed by atoms with Crippen molar-refractivity contribution in [3.05, 3.63) is 0 Å². The minimum Gasteiger partial charge on any atom is -0.444 e. The fraction of sp³-hybridized carbons (Fsp3) is 0.842. The number of nitrogens with zero attached hydrogens (tertiary/aromatic N) is 3. The van der Waals surface area contributed by atoms with Gasteiger partial charge in [0.15, 0.2) is 5.96 Å². The molecule has 1 saturated heterocycles. The van der Waals surface area contributed by atoms with Gasteiger partial charge >= 0.3 is 6.09 Å². The van der Waals surface area contributed by atoms with Crippen LogP contribution >= 0.6 is 0 Å². The van der Waals surface area contributed by atoms with E-state index in [0.717, 1.165) is 38.4 Å². The van der Waals surface area contributed by atoms with Crippen LogP contribution in [0.15, 0.2) is 4.99 Å². The number of carbonyl (C=O) groups is 2. The summed E-state index contributed by atoms with van der Waals surface area (Å²) in [7, 11) is 3.41. The van der Waals surface area contributed by atoms with Crippen molar-refractivity contribution in [3.8, 4) is 0 Å². The van der Waals surface area contributed by atoms with Gasteiger partial charge in [0.2, 0.25) is 5.91 Å². The standard InChI is InChI=1S/C19H37N5O3/c1-7-21-17(22-10-13-23(6)18(26)27-19(2,3)4)24-11-8-15(9-12-24)14-16(25)20-5/h15H,7-14H2,1-6H3,(H,20,25)(H,21,22). The number of amides is 2. The van der Waals surface area contributed by atoms with Crippen molar-refractivity contribution in [3.63, 3.8) is 0 Å². The first-order valence-electron chi connectivity index (χ1n) is 9.84. The molecule has 0 aliphatic carbocycles. The van der Waals surface area contributed by atoms with E-state index in [-0.39, 0.29) is 12.0 Å². The molecule has 1 fully saturated rings. The lowest BCUT2D eigenvalue weighted by Crippen LogP contribution is -2.46. The van der Waals surface area contributed by atoms with E-state index in [9.17, 15) is 9.59 Å². The largest absolute Gasteiger partial charge is 0.444 e. The Morgan fingerprint density at radius 1 is 1.26 bits per heavy atom. The Balaban J connectivity index is 2.51. The molecule has 1 heterocycles. The van der Waals surface area contributed by atoms with E-state index in [1.54, 1.807) is 19.0 Å². The zero-order valence-electron chi connectivity index (χ0n) is 17.8. The zero-order chi connectivity index (χ0) is 20.4. The number of ether oxygens (including phenoxy) is 1. The van der Waals surface area contributed by atoms with E-state index in [4.69, 9.17) is 4.74 Å². The maximum atomic E-state index is 12.0. The summed E-state index contributed by atoms with van der Waals surface area (Å²) in [5.74, 6) is 1.41. The number of nitrogens with one attached hydrogen (secondary N) is 2. The van der Waals surface area contributed by atoms with Crippen molar-refractivity contribution in [2.45, 2.75) is 52.6 Å². The van der Waals surface area contributed by atoms with Gasteiger partial charge < -0.3 is 25.2 Å². The molecule has 0 saturated carbocycles. The summed E-state index contributed by atoms with van der Waals surface area (Å²) in [5, 5.41) is 6.02. The summed E-state index contributed by atoms with van der Waals surface area (Å²) in [6.07, 6.45) is 2.22. The van der Waals surface area contributed by atoms with Gasteiger partial charge in [-0.15, -0.1) is 0 Å². The van der Waals surface area contributed by atoms with Crippen LogP contribution in [0.1, 0.15) is 47.0 Å². The summed E-state index contributed by atoms with van der Waals surface area (Å²) >= 11 is 0. The van der Waals surface area contributed by atoms with E-state index in [0.29, 0.717) is 25.4 Å². The average molecular weight is 384 g/mol. The van der Waals surface area contributed by atoms with E-state index >= 15 is 0 Å². The fourth-order valence-electron chi connectivity index (χ4n) is 2.88. The fourth-order valence-corrected chi connectivity index (χ4v) is 2.88.